The highest BCUT2D eigenvalue weighted by molar-refractivity contribution is 7.99. The lowest BCUT2D eigenvalue weighted by atomic mass is 10.1. The van der Waals surface area contributed by atoms with Crippen LogP contribution in [0.1, 0.15) is 31.2 Å². The third-order valence-electron chi connectivity index (χ3n) is 3.08. The largest absolute Gasteiger partial charge is 0.468 e. The van der Waals surface area contributed by atoms with Crippen molar-refractivity contribution in [3.8, 4) is 0 Å². The summed E-state index contributed by atoms with van der Waals surface area (Å²) >= 11 is 1.57. The number of furan rings is 1. The minimum Gasteiger partial charge on any atom is -0.468 e. The van der Waals surface area contributed by atoms with Gasteiger partial charge in [0.05, 0.1) is 23.3 Å². The summed E-state index contributed by atoms with van der Waals surface area (Å²) in [6, 6.07) is 13.8. The SMILES string of the molecule is CC(SCc1ccco1)C(=O)NC(C)c1ccccc1. The van der Waals surface area contributed by atoms with Gasteiger partial charge >= 0.3 is 0 Å². The van der Waals surface area contributed by atoms with Crippen molar-refractivity contribution in [2.45, 2.75) is 30.9 Å². The van der Waals surface area contributed by atoms with Gasteiger partial charge in [0, 0.05) is 0 Å². The van der Waals surface area contributed by atoms with Crippen molar-refractivity contribution >= 4 is 17.7 Å². The smallest absolute Gasteiger partial charge is 0.233 e. The van der Waals surface area contributed by atoms with Gasteiger partial charge in [-0.3, -0.25) is 4.79 Å². The van der Waals surface area contributed by atoms with Crippen molar-refractivity contribution < 1.29 is 9.21 Å². The van der Waals surface area contributed by atoms with E-state index < -0.39 is 0 Å². The van der Waals surface area contributed by atoms with Crippen molar-refractivity contribution in [2.24, 2.45) is 0 Å². The lowest BCUT2D eigenvalue weighted by Crippen LogP contribution is -2.33. The van der Waals surface area contributed by atoms with E-state index in [2.05, 4.69) is 5.32 Å². The highest BCUT2D eigenvalue weighted by atomic mass is 32.2. The Kier molecular flexibility index (Phi) is 5.30. The van der Waals surface area contributed by atoms with E-state index in [0.29, 0.717) is 5.75 Å². The van der Waals surface area contributed by atoms with Gasteiger partial charge in [-0.05, 0) is 31.5 Å². The third kappa shape index (κ3) is 4.17. The maximum Gasteiger partial charge on any atom is 0.233 e. The van der Waals surface area contributed by atoms with Gasteiger partial charge in [0.15, 0.2) is 0 Å². The van der Waals surface area contributed by atoms with Crippen LogP contribution in [0, 0.1) is 0 Å². The summed E-state index contributed by atoms with van der Waals surface area (Å²) in [4.78, 5) is 12.1. The van der Waals surface area contributed by atoms with E-state index in [1.54, 1.807) is 18.0 Å². The second kappa shape index (κ2) is 7.20. The van der Waals surface area contributed by atoms with Gasteiger partial charge in [-0.2, -0.15) is 0 Å². The van der Waals surface area contributed by atoms with Gasteiger partial charge in [-0.15, -0.1) is 11.8 Å². The van der Waals surface area contributed by atoms with Crippen molar-refractivity contribution in [3.63, 3.8) is 0 Å². The summed E-state index contributed by atoms with van der Waals surface area (Å²) < 4.78 is 5.26. The van der Waals surface area contributed by atoms with Gasteiger partial charge in [0.2, 0.25) is 5.91 Å². The lowest BCUT2D eigenvalue weighted by Gasteiger charge is -2.17. The number of nitrogens with one attached hydrogen (secondary N) is 1. The van der Waals surface area contributed by atoms with E-state index in [-0.39, 0.29) is 17.2 Å². The fourth-order valence-corrected chi connectivity index (χ4v) is 2.63. The zero-order chi connectivity index (χ0) is 14.4. The van der Waals surface area contributed by atoms with Crippen LogP contribution in [0.2, 0.25) is 0 Å². The van der Waals surface area contributed by atoms with Gasteiger partial charge < -0.3 is 9.73 Å². The second-order valence-corrected chi connectivity index (χ2v) is 6.00. The van der Waals surface area contributed by atoms with E-state index in [9.17, 15) is 4.79 Å². The first-order valence-electron chi connectivity index (χ1n) is 6.66. The number of thioether (sulfide) groups is 1. The van der Waals surface area contributed by atoms with Crippen molar-refractivity contribution in [1.82, 2.24) is 5.32 Å². The monoisotopic (exact) mass is 289 g/mol. The third-order valence-corrected chi connectivity index (χ3v) is 4.25. The predicted octanol–water partition coefficient (Wildman–Crippen LogP) is 3.78. The molecule has 0 saturated carbocycles. The molecule has 0 saturated heterocycles. The summed E-state index contributed by atoms with van der Waals surface area (Å²) in [6.07, 6.45) is 1.65. The molecule has 2 aromatic rings. The Balaban J connectivity index is 1.81. The predicted molar refractivity (Wildman–Crippen MR) is 82.5 cm³/mol. The molecule has 2 atom stereocenters. The van der Waals surface area contributed by atoms with Crippen LogP contribution in [0.3, 0.4) is 0 Å². The summed E-state index contributed by atoms with van der Waals surface area (Å²) in [5, 5.41) is 2.93. The van der Waals surface area contributed by atoms with Crippen LogP contribution in [0.5, 0.6) is 0 Å². The average molecular weight is 289 g/mol. The maximum atomic E-state index is 12.1. The zero-order valence-corrected chi connectivity index (χ0v) is 12.5. The molecule has 0 spiro atoms. The molecule has 1 aromatic carbocycles. The number of hydrogen-bond acceptors (Lipinski definition) is 3. The van der Waals surface area contributed by atoms with Gasteiger partial charge in [0.25, 0.3) is 0 Å². The summed E-state index contributed by atoms with van der Waals surface area (Å²) in [5.41, 5.74) is 1.11. The topological polar surface area (TPSA) is 42.2 Å². The number of carbonyl (C=O) groups is 1. The van der Waals surface area contributed by atoms with Crippen LogP contribution in [0.25, 0.3) is 0 Å². The molecule has 0 bridgehead atoms. The number of amides is 1. The highest BCUT2D eigenvalue weighted by Crippen LogP contribution is 2.19. The van der Waals surface area contributed by atoms with E-state index in [1.807, 2.05) is 56.3 Å². The number of hydrogen-bond donors (Lipinski definition) is 1. The van der Waals surface area contributed by atoms with Crippen LogP contribution < -0.4 is 5.32 Å². The Hall–Kier alpha value is -1.68. The van der Waals surface area contributed by atoms with E-state index in [1.165, 1.54) is 0 Å². The Bertz CT molecular complexity index is 525. The van der Waals surface area contributed by atoms with E-state index in [0.717, 1.165) is 11.3 Å². The number of carbonyl (C=O) groups excluding carboxylic acids is 1. The van der Waals surface area contributed by atoms with Gasteiger partial charge in [-0.25, -0.2) is 0 Å². The highest BCUT2D eigenvalue weighted by Gasteiger charge is 2.16. The fraction of sp³-hybridized carbons (Fsp3) is 0.312. The Morgan fingerprint density at radius 1 is 1.20 bits per heavy atom. The molecule has 2 rings (SSSR count). The molecular formula is C16H19NO2S. The van der Waals surface area contributed by atoms with Crippen LogP contribution in [0.4, 0.5) is 0 Å². The second-order valence-electron chi connectivity index (χ2n) is 4.67. The molecular weight excluding hydrogens is 270 g/mol. The molecule has 1 aromatic heterocycles. The minimum absolute atomic E-state index is 0.0235. The first-order valence-corrected chi connectivity index (χ1v) is 7.71. The van der Waals surface area contributed by atoms with Crippen LogP contribution >= 0.6 is 11.8 Å². The summed E-state index contributed by atoms with van der Waals surface area (Å²) in [5.74, 6) is 1.66. The first kappa shape index (κ1) is 14.7. The molecule has 106 valence electrons. The minimum atomic E-state index is -0.105. The molecule has 1 heterocycles. The van der Waals surface area contributed by atoms with Gasteiger partial charge in [-0.1, -0.05) is 30.3 Å². The van der Waals surface area contributed by atoms with Gasteiger partial charge in [0.1, 0.15) is 5.76 Å². The van der Waals surface area contributed by atoms with Crippen molar-refractivity contribution in [3.05, 3.63) is 60.1 Å². The molecule has 0 aliphatic heterocycles. The average Bonchev–Trinajstić information content (AvgIpc) is 2.98. The van der Waals surface area contributed by atoms with Crippen LogP contribution in [-0.2, 0) is 10.5 Å². The Morgan fingerprint density at radius 2 is 1.95 bits per heavy atom. The molecule has 4 heteroatoms. The molecule has 0 aliphatic rings. The van der Waals surface area contributed by atoms with Crippen molar-refractivity contribution in [2.75, 3.05) is 0 Å². The van der Waals surface area contributed by atoms with Crippen LogP contribution in [-0.4, -0.2) is 11.2 Å². The molecule has 0 radical (unpaired) electrons. The zero-order valence-electron chi connectivity index (χ0n) is 11.7. The normalized spacial score (nSPS) is 13.7. The maximum absolute atomic E-state index is 12.1. The number of rotatable bonds is 6. The fourth-order valence-electron chi connectivity index (χ4n) is 1.83. The molecule has 20 heavy (non-hydrogen) atoms. The van der Waals surface area contributed by atoms with Crippen molar-refractivity contribution in [1.29, 1.82) is 0 Å². The van der Waals surface area contributed by atoms with Crippen LogP contribution in [0.15, 0.2) is 53.1 Å². The molecule has 1 amide bonds. The number of benzene rings is 1. The molecule has 0 aliphatic carbocycles. The molecule has 2 unspecified atom stereocenters. The van der Waals surface area contributed by atoms with E-state index in [4.69, 9.17) is 4.42 Å². The van der Waals surface area contributed by atoms with E-state index >= 15 is 0 Å². The standard InChI is InChI=1S/C16H19NO2S/c1-12(14-7-4-3-5-8-14)17-16(18)13(2)20-11-15-9-6-10-19-15/h3-10,12-13H,11H2,1-2H3,(H,17,18). The molecule has 0 fully saturated rings. The quantitative estimate of drug-likeness (QED) is 0.880. The summed E-state index contributed by atoms with van der Waals surface area (Å²) in [6.45, 7) is 3.91. The molecule has 1 N–H and O–H groups in total. The first-order chi connectivity index (χ1) is 9.66. The lowest BCUT2D eigenvalue weighted by molar-refractivity contribution is -0.120. The Morgan fingerprint density at radius 3 is 2.60 bits per heavy atom. The summed E-state index contributed by atoms with van der Waals surface area (Å²) in [7, 11) is 0. The molecule has 3 nitrogen and oxygen atoms in total. The Labute approximate surface area is 123 Å².